The van der Waals surface area contributed by atoms with Crippen LogP contribution < -0.4 is 11.1 Å². The molecule has 0 spiro atoms. The Morgan fingerprint density at radius 3 is 2.36 bits per heavy atom. The summed E-state index contributed by atoms with van der Waals surface area (Å²) in [5.74, 6) is -1.96. The summed E-state index contributed by atoms with van der Waals surface area (Å²) in [5, 5.41) is 11.8. The lowest BCUT2D eigenvalue weighted by molar-refractivity contribution is -0.192. The Hall–Kier alpha value is -2.85. The number of carboxylic acid groups (broad SMARTS) is 1. The molecule has 0 aliphatic heterocycles. The number of aromatic nitrogens is 3. The number of nitrogen functional groups attached to an aromatic ring is 1. The number of rotatable bonds is 2. The van der Waals surface area contributed by atoms with Crippen LogP contribution >= 0.6 is 23.2 Å². The van der Waals surface area contributed by atoms with E-state index in [4.69, 9.17) is 38.8 Å². The maximum Gasteiger partial charge on any atom is 0.490 e. The van der Waals surface area contributed by atoms with Crippen molar-refractivity contribution in [3.8, 4) is 11.3 Å². The highest BCUT2D eigenvalue weighted by molar-refractivity contribution is 6.43. The van der Waals surface area contributed by atoms with Crippen LogP contribution in [0, 0.1) is 0 Å². The molecule has 3 rings (SSSR count). The molecule has 28 heavy (non-hydrogen) atoms. The summed E-state index contributed by atoms with van der Waals surface area (Å²) in [7, 11) is 1.77. The molecule has 0 bridgehead atoms. The summed E-state index contributed by atoms with van der Waals surface area (Å²) >= 11 is 12.3. The summed E-state index contributed by atoms with van der Waals surface area (Å²) in [6, 6.07) is 9.13. The van der Waals surface area contributed by atoms with Gasteiger partial charge in [0.25, 0.3) is 0 Å². The molecule has 2 aromatic heterocycles. The van der Waals surface area contributed by atoms with Crippen LogP contribution in [0.1, 0.15) is 0 Å². The Kier molecular flexibility index (Phi) is 6.47. The van der Waals surface area contributed by atoms with Gasteiger partial charge in [-0.15, -0.1) is 0 Å². The van der Waals surface area contributed by atoms with Crippen LogP contribution in [0.25, 0.3) is 22.3 Å². The van der Waals surface area contributed by atoms with E-state index < -0.39 is 12.1 Å². The van der Waals surface area contributed by atoms with E-state index in [1.165, 1.54) is 0 Å². The fourth-order valence-corrected chi connectivity index (χ4v) is 2.47. The number of carboxylic acids is 1. The van der Waals surface area contributed by atoms with E-state index in [-0.39, 0.29) is 5.95 Å². The molecule has 2 heterocycles. The zero-order valence-electron chi connectivity index (χ0n) is 14.1. The average Bonchev–Trinajstić information content (AvgIpc) is 2.62. The molecule has 0 radical (unpaired) electrons. The largest absolute Gasteiger partial charge is 0.490 e. The number of hydrogen-bond donors (Lipinski definition) is 3. The van der Waals surface area contributed by atoms with E-state index in [2.05, 4.69) is 20.3 Å². The Labute approximate surface area is 166 Å². The minimum Gasteiger partial charge on any atom is -0.475 e. The maximum atomic E-state index is 10.6. The zero-order chi connectivity index (χ0) is 21.1. The van der Waals surface area contributed by atoms with E-state index in [0.717, 1.165) is 10.9 Å². The van der Waals surface area contributed by atoms with Gasteiger partial charge in [0, 0.05) is 12.6 Å². The predicted molar refractivity (Wildman–Crippen MR) is 100 cm³/mol. The lowest BCUT2D eigenvalue weighted by atomic mass is 10.1. The number of alkyl halides is 3. The fourth-order valence-electron chi connectivity index (χ4n) is 2.07. The van der Waals surface area contributed by atoms with Gasteiger partial charge in [-0.1, -0.05) is 35.3 Å². The summed E-state index contributed by atoms with van der Waals surface area (Å²) in [5.41, 5.74) is 7.61. The van der Waals surface area contributed by atoms with Crippen molar-refractivity contribution >= 4 is 52.0 Å². The second-order valence-corrected chi connectivity index (χ2v) is 5.94. The van der Waals surface area contributed by atoms with Gasteiger partial charge in [0.2, 0.25) is 5.95 Å². The van der Waals surface area contributed by atoms with E-state index in [1.807, 2.05) is 24.3 Å². The minimum atomic E-state index is -5.08. The maximum absolute atomic E-state index is 10.6. The molecule has 7 nitrogen and oxygen atoms in total. The predicted octanol–water partition coefficient (Wildman–Crippen LogP) is 4.26. The van der Waals surface area contributed by atoms with Crippen LogP contribution in [0.2, 0.25) is 10.0 Å². The van der Waals surface area contributed by atoms with Gasteiger partial charge in [0.15, 0.2) is 5.65 Å². The molecule has 0 aliphatic carbocycles. The van der Waals surface area contributed by atoms with Crippen LogP contribution in [0.5, 0.6) is 0 Å². The Bertz CT molecular complexity index is 1030. The molecule has 12 heteroatoms. The number of benzene rings is 1. The molecule has 0 saturated heterocycles. The molecule has 0 aliphatic rings. The van der Waals surface area contributed by atoms with Crippen LogP contribution in [0.3, 0.4) is 0 Å². The number of nitrogens with two attached hydrogens (primary N) is 1. The molecule has 4 N–H and O–H groups in total. The molecular formula is C16H12Cl2F3N5O2. The quantitative estimate of drug-likeness (QED) is 0.553. The standard InChI is InChI=1S/C14H11Cl2N5.C2HF3O2/c1-18-12-8-5-6-10(19-13(8)21-14(17)20-12)7-3-2-4-9(15)11(7)16;3-2(4,5)1(6)7/h2-6H,1H3,(H3,17,18,19,20,21);(H,6,7). The van der Waals surface area contributed by atoms with Crippen LogP contribution in [-0.4, -0.2) is 39.3 Å². The SMILES string of the molecule is CNc1nc(N)nc2nc(-c3cccc(Cl)c3Cl)ccc12.O=C(O)C(F)(F)F. The van der Waals surface area contributed by atoms with Crippen molar-refractivity contribution in [1.29, 1.82) is 0 Å². The smallest absolute Gasteiger partial charge is 0.475 e. The molecule has 1 aromatic carbocycles. The van der Waals surface area contributed by atoms with Gasteiger partial charge in [-0.2, -0.15) is 23.1 Å². The number of nitrogens with zero attached hydrogens (tertiary/aromatic N) is 3. The van der Waals surface area contributed by atoms with Crippen molar-refractivity contribution in [3.63, 3.8) is 0 Å². The second-order valence-electron chi connectivity index (χ2n) is 5.15. The van der Waals surface area contributed by atoms with Crippen LogP contribution in [0.4, 0.5) is 24.9 Å². The zero-order valence-corrected chi connectivity index (χ0v) is 15.6. The molecule has 0 amide bonds. The number of fused-ring (bicyclic) bond motifs is 1. The number of carbonyl (C=O) groups is 1. The molecule has 148 valence electrons. The van der Waals surface area contributed by atoms with Crippen LogP contribution in [-0.2, 0) is 4.79 Å². The first-order chi connectivity index (χ1) is 13.0. The van der Waals surface area contributed by atoms with Gasteiger partial charge in [0.1, 0.15) is 5.82 Å². The third kappa shape index (κ3) is 4.90. The topological polar surface area (TPSA) is 114 Å². The lowest BCUT2D eigenvalue weighted by Gasteiger charge is -2.08. The van der Waals surface area contributed by atoms with Crippen molar-refractivity contribution in [2.75, 3.05) is 18.1 Å². The van der Waals surface area contributed by atoms with E-state index >= 15 is 0 Å². The normalized spacial score (nSPS) is 10.9. The van der Waals surface area contributed by atoms with Gasteiger partial charge in [-0.3, -0.25) is 0 Å². The van der Waals surface area contributed by atoms with Gasteiger partial charge >= 0.3 is 12.1 Å². The third-order valence-corrected chi connectivity index (χ3v) is 4.10. The first-order valence-electron chi connectivity index (χ1n) is 7.41. The summed E-state index contributed by atoms with van der Waals surface area (Å²) in [4.78, 5) is 21.7. The first kappa shape index (κ1) is 21.5. The number of anilines is 2. The number of hydrogen-bond acceptors (Lipinski definition) is 6. The van der Waals surface area contributed by atoms with Gasteiger partial charge in [-0.05, 0) is 18.2 Å². The Morgan fingerprint density at radius 2 is 1.79 bits per heavy atom. The lowest BCUT2D eigenvalue weighted by Crippen LogP contribution is -2.21. The second kappa shape index (κ2) is 8.44. The highest BCUT2D eigenvalue weighted by atomic mass is 35.5. The van der Waals surface area contributed by atoms with Gasteiger partial charge < -0.3 is 16.2 Å². The van der Waals surface area contributed by atoms with Crippen LogP contribution in [0.15, 0.2) is 30.3 Å². The van der Waals surface area contributed by atoms with Crippen molar-refractivity contribution in [2.24, 2.45) is 0 Å². The molecule has 0 fully saturated rings. The number of pyridine rings is 1. The average molecular weight is 434 g/mol. The summed E-state index contributed by atoms with van der Waals surface area (Å²) in [6.07, 6.45) is -5.08. The number of aliphatic carboxylic acids is 1. The minimum absolute atomic E-state index is 0.161. The highest BCUT2D eigenvalue weighted by Crippen LogP contribution is 2.33. The molecule has 0 saturated carbocycles. The number of nitrogens with one attached hydrogen (secondary N) is 1. The number of halogens is 5. The van der Waals surface area contributed by atoms with Crippen molar-refractivity contribution in [2.45, 2.75) is 6.18 Å². The fraction of sp³-hybridized carbons (Fsp3) is 0.125. The van der Waals surface area contributed by atoms with E-state index in [0.29, 0.717) is 27.2 Å². The molecule has 0 unspecified atom stereocenters. The monoisotopic (exact) mass is 433 g/mol. The molecule has 3 aromatic rings. The van der Waals surface area contributed by atoms with E-state index in [1.54, 1.807) is 13.1 Å². The Morgan fingerprint density at radius 1 is 1.14 bits per heavy atom. The van der Waals surface area contributed by atoms with Gasteiger partial charge in [-0.25, -0.2) is 9.78 Å². The first-order valence-corrected chi connectivity index (χ1v) is 8.16. The summed E-state index contributed by atoms with van der Waals surface area (Å²) in [6.45, 7) is 0. The van der Waals surface area contributed by atoms with Crippen molar-refractivity contribution in [1.82, 2.24) is 15.0 Å². The van der Waals surface area contributed by atoms with Crippen molar-refractivity contribution in [3.05, 3.63) is 40.4 Å². The summed E-state index contributed by atoms with van der Waals surface area (Å²) < 4.78 is 31.7. The Balaban J connectivity index is 0.000000345. The molecular weight excluding hydrogens is 422 g/mol. The van der Waals surface area contributed by atoms with Gasteiger partial charge in [0.05, 0.1) is 21.1 Å². The third-order valence-electron chi connectivity index (χ3n) is 3.28. The molecule has 0 atom stereocenters. The van der Waals surface area contributed by atoms with Crippen molar-refractivity contribution < 1.29 is 23.1 Å². The van der Waals surface area contributed by atoms with E-state index in [9.17, 15) is 13.2 Å². The highest BCUT2D eigenvalue weighted by Gasteiger charge is 2.38.